The number of hydrogen-bond acceptors (Lipinski definition) is 3. The fourth-order valence-corrected chi connectivity index (χ4v) is 2.36. The van der Waals surface area contributed by atoms with Crippen LogP contribution in [0.4, 0.5) is 4.79 Å². The minimum atomic E-state index is -0.151. The SMILES string of the molecule is CC1CCC(N)CC1C(=O)NCCNC(=O)N(C)C. The third-order valence-electron chi connectivity index (χ3n) is 3.68. The fourth-order valence-electron chi connectivity index (χ4n) is 2.36. The van der Waals surface area contributed by atoms with Gasteiger partial charge in [0.15, 0.2) is 0 Å². The Morgan fingerprint density at radius 2 is 1.84 bits per heavy atom. The topological polar surface area (TPSA) is 87.5 Å². The van der Waals surface area contributed by atoms with Crippen LogP contribution in [0.25, 0.3) is 0 Å². The van der Waals surface area contributed by atoms with E-state index in [0.29, 0.717) is 19.0 Å². The van der Waals surface area contributed by atoms with Gasteiger partial charge in [0, 0.05) is 39.1 Å². The first kappa shape index (κ1) is 15.8. The smallest absolute Gasteiger partial charge is 0.316 e. The van der Waals surface area contributed by atoms with E-state index in [1.807, 2.05) is 0 Å². The van der Waals surface area contributed by atoms with Crippen molar-refractivity contribution >= 4 is 11.9 Å². The first-order valence-corrected chi connectivity index (χ1v) is 6.90. The molecule has 1 saturated carbocycles. The highest BCUT2D eigenvalue weighted by atomic mass is 16.2. The Labute approximate surface area is 115 Å². The second-order valence-electron chi connectivity index (χ2n) is 5.57. The van der Waals surface area contributed by atoms with Crippen LogP contribution in [-0.2, 0) is 4.79 Å². The number of carbonyl (C=O) groups excluding carboxylic acids is 2. The van der Waals surface area contributed by atoms with Crippen LogP contribution in [0.5, 0.6) is 0 Å². The van der Waals surface area contributed by atoms with Crippen LogP contribution in [-0.4, -0.2) is 50.1 Å². The number of rotatable bonds is 4. The maximum atomic E-state index is 12.0. The molecule has 3 amide bonds. The number of nitrogens with two attached hydrogens (primary N) is 1. The summed E-state index contributed by atoms with van der Waals surface area (Å²) in [6, 6.07) is -0.0114. The lowest BCUT2D eigenvalue weighted by atomic mass is 9.78. The van der Waals surface area contributed by atoms with Gasteiger partial charge in [0.05, 0.1) is 0 Å². The number of nitrogens with one attached hydrogen (secondary N) is 2. The Balaban J connectivity index is 2.25. The van der Waals surface area contributed by atoms with E-state index in [-0.39, 0.29) is 23.9 Å². The van der Waals surface area contributed by atoms with Gasteiger partial charge in [-0.3, -0.25) is 4.79 Å². The lowest BCUT2D eigenvalue weighted by Gasteiger charge is -2.31. The molecule has 4 N–H and O–H groups in total. The molecule has 0 saturated heterocycles. The first-order valence-electron chi connectivity index (χ1n) is 6.90. The molecule has 0 aromatic rings. The maximum Gasteiger partial charge on any atom is 0.316 e. The zero-order chi connectivity index (χ0) is 14.4. The summed E-state index contributed by atoms with van der Waals surface area (Å²) in [5, 5.41) is 5.58. The molecule has 6 nitrogen and oxygen atoms in total. The largest absolute Gasteiger partial charge is 0.354 e. The molecular weight excluding hydrogens is 244 g/mol. The molecule has 3 atom stereocenters. The van der Waals surface area contributed by atoms with Crippen molar-refractivity contribution in [2.45, 2.75) is 32.2 Å². The van der Waals surface area contributed by atoms with Gasteiger partial charge in [-0.2, -0.15) is 0 Å². The van der Waals surface area contributed by atoms with Gasteiger partial charge in [-0.15, -0.1) is 0 Å². The van der Waals surface area contributed by atoms with Crippen molar-refractivity contribution in [1.82, 2.24) is 15.5 Å². The number of urea groups is 1. The Kier molecular flexibility index (Phi) is 6.08. The molecule has 0 radical (unpaired) electrons. The molecule has 1 aliphatic carbocycles. The van der Waals surface area contributed by atoms with E-state index in [1.54, 1.807) is 14.1 Å². The van der Waals surface area contributed by atoms with Crippen molar-refractivity contribution in [1.29, 1.82) is 0 Å². The minimum absolute atomic E-state index is 0.00769. The molecule has 0 aromatic carbocycles. The van der Waals surface area contributed by atoms with Gasteiger partial charge < -0.3 is 21.3 Å². The quantitative estimate of drug-likeness (QED) is 0.635. The van der Waals surface area contributed by atoms with E-state index in [1.165, 1.54) is 4.90 Å². The molecule has 1 fully saturated rings. The standard InChI is InChI=1S/C13H26N4O2/c1-9-4-5-10(14)8-11(9)12(18)15-6-7-16-13(19)17(2)3/h9-11H,4-8,14H2,1-3H3,(H,15,18)(H,16,19). The van der Waals surface area contributed by atoms with Gasteiger partial charge in [-0.25, -0.2) is 4.79 Å². The van der Waals surface area contributed by atoms with E-state index in [9.17, 15) is 9.59 Å². The molecule has 3 unspecified atom stereocenters. The summed E-state index contributed by atoms with van der Waals surface area (Å²) < 4.78 is 0. The number of nitrogens with zero attached hydrogens (tertiary/aromatic N) is 1. The van der Waals surface area contributed by atoms with Crippen molar-refractivity contribution in [3.8, 4) is 0 Å². The molecule has 0 spiro atoms. The van der Waals surface area contributed by atoms with Crippen LogP contribution in [0, 0.1) is 11.8 Å². The van der Waals surface area contributed by atoms with Gasteiger partial charge in [0.25, 0.3) is 0 Å². The number of hydrogen-bond donors (Lipinski definition) is 3. The summed E-state index contributed by atoms with van der Waals surface area (Å²) in [5.74, 6) is 0.450. The zero-order valence-electron chi connectivity index (χ0n) is 12.1. The lowest BCUT2D eigenvalue weighted by Crippen LogP contribution is -2.44. The molecule has 0 heterocycles. The average molecular weight is 270 g/mol. The van der Waals surface area contributed by atoms with E-state index in [2.05, 4.69) is 17.6 Å². The molecule has 1 rings (SSSR count). The number of carbonyl (C=O) groups is 2. The van der Waals surface area contributed by atoms with Gasteiger partial charge in [-0.05, 0) is 25.2 Å². The summed E-state index contributed by atoms with van der Waals surface area (Å²) in [6.07, 6.45) is 2.78. The minimum Gasteiger partial charge on any atom is -0.354 e. The predicted octanol–water partition coefficient (Wildman–Crippen LogP) is 0.137. The summed E-state index contributed by atoms with van der Waals surface area (Å²) in [6.45, 7) is 3.00. The van der Waals surface area contributed by atoms with Gasteiger partial charge in [0.1, 0.15) is 0 Å². The lowest BCUT2D eigenvalue weighted by molar-refractivity contribution is -0.127. The summed E-state index contributed by atoms with van der Waals surface area (Å²) in [7, 11) is 3.36. The van der Waals surface area contributed by atoms with Gasteiger partial charge >= 0.3 is 6.03 Å². The summed E-state index contributed by atoms with van der Waals surface area (Å²) in [5.41, 5.74) is 5.91. The highest BCUT2D eigenvalue weighted by Gasteiger charge is 2.30. The molecule has 1 aliphatic rings. The average Bonchev–Trinajstić information content (AvgIpc) is 2.36. The van der Waals surface area contributed by atoms with Crippen LogP contribution in [0.2, 0.25) is 0 Å². The second-order valence-corrected chi connectivity index (χ2v) is 5.57. The third-order valence-corrected chi connectivity index (χ3v) is 3.68. The van der Waals surface area contributed by atoms with Crippen LogP contribution in [0.15, 0.2) is 0 Å². The van der Waals surface area contributed by atoms with Gasteiger partial charge in [-0.1, -0.05) is 6.92 Å². The Morgan fingerprint density at radius 1 is 1.21 bits per heavy atom. The highest BCUT2D eigenvalue weighted by Crippen LogP contribution is 2.28. The Bertz CT molecular complexity index is 320. The molecule has 0 aliphatic heterocycles. The van der Waals surface area contributed by atoms with E-state index in [4.69, 9.17) is 5.73 Å². The summed E-state index contributed by atoms with van der Waals surface area (Å²) >= 11 is 0. The molecule has 110 valence electrons. The molecule has 0 aromatic heterocycles. The second kappa shape index (κ2) is 7.33. The molecular formula is C13H26N4O2. The predicted molar refractivity (Wildman–Crippen MR) is 74.6 cm³/mol. The van der Waals surface area contributed by atoms with E-state index in [0.717, 1.165) is 19.3 Å². The monoisotopic (exact) mass is 270 g/mol. The Hall–Kier alpha value is -1.30. The fraction of sp³-hybridized carbons (Fsp3) is 0.846. The maximum absolute atomic E-state index is 12.0. The van der Waals surface area contributed by atoms with Crippen molar-refractivity contribution in [2.24, 2.45) is 17.6 Å². The normalized spacial score (nSPS) is 26.6. The van der Waals surface area contributed by atoms with Crippen molar-refractivity contribution < 1.29 is 9.59 Å². The van der Waals surface area contributed by atoms with Crippen LogP contribution in [0.3, 0.4) is 0 Å². The first-order chi connectivity index (χ1) is 8.91. The van der Waals surface area contributed by atoms with Crippen LogP contribution in [0.1, 0.15) is 26.2 Å². The van der Waals surface area contributed by atoms with Gasteiger partial charge in [0.2, 0.25) is 5.91 Å². The van der Waals surface area contributed by atoms with Crippen LogP contribution >= 0.6 is 0 Å². The van der Waals surface area contributed by atoms with Crippen molar-refractivity contribution in [2.75, 3.05) is 27.2 Å². The highest BCUT2D eigenvalue weighted by molar-refractivity contribution is 5.79. The van der Waals surface area contributed by atoms with Crippen LogP contribution < -0.4 is 16.4 Å². The number of amides is 3. The zero-order valence-corrected chi connectivity index (χ0v) is 12.1. The van der Waals surface area contributed by atoms with E-state index >= 15 is 0 Å². The third kappa shape index (κ3) is 5.06. The molecule has 0 bridgehead atoms. The van der Waals surface area contributed by atoms with Crippen molar-refractivity contribution in [3.63, 3.8) is 0 Å². The summed E-state index contributed by atoms with van der Waals surface area (Å²) in [4.78, 5) is 24.8. The van der Waals surface area contributed by atoms with E-state index < -0.39 is 0 Å². The van der Waals surface area contributed by atoms with Crippen molar-refractivity contribution in [3.05, 3.63) is 0 Å². The Morgan fingerprint density at radius 3 is 2.47 bits per heavy atom. The molecule has 19 heavy (non-hydrogen) atoms. The molecule has 6 heteroatoms.